The summed E-state index contributed by atoms with van der Waals surface area (Å²) in [5.41, 5.74) is 0. The Hall–Kier alpha value is 0.01000. The molecule has 0 fully saturated rings. The van der Waals surface area contributed by atoms with E-state index in [0.29, 0.717) is 4.47 Å². The van der Waals surface area contributed by atoms with E-state index in [9.17, 15) is 8.42 Å². The van der Waals surface area contributed by atoms with E-state index in [0.717, 1.165) is 4.47 Å². The predicted octanol–water partition coefficient (Wildman–Crippen LogP) is 1.50. The van der Waals surface area contributed by atoms with E-state index in [1.807, 2.05) is 0 Å². The van der Waals surface area contributed by atoms with Crippen molar-refractivity contribution in [2.75, 3.05) is 20.3 Å². The summed E-state index contributed by atoms with van der Waals surface area (Å²) >= 11 is 6.44. The normalized spacial score (nSPS) is 13.6. The highest BCUT2D eigenvalue weighted by molar-refractivity contribution is 9.11. The summed E-state index contributed by atoms with van der Waals surface area (Å²) in [6.07, 6.45) is 0. The zero-order valence-electron chi connectivity index (χ0n) is 9.56. The van der Waals surface area contributed by atoms with Gasteiger partial charge in [-0.25, -0.2) is 13.1 Å². The predicted molar refractivity (Wildman–Crippen MR) is 74.9 cm³/mol. The number of hydrogen-bond acceptors (Lipinski definition) is 4. The van der Waals surface area contributed by atoms with Crippen molar-refractivity contribution >= 4 is 41.9 Å². The molecule has 1 atom stereocenters. The molecule has 0 bridgehead atoms. The van der Waals surface area contributed by atoms with Gasteiger partial charge >= 0.3 is 0 Å². The van der Waals surface area contributed by atoms with E-state index in [1.54, 1.807) is 12.1 Å². The van der Waals surface area contributed by atoms with Crippen LogP contribution in [0, 0.1) is 0 Å². The van der Waals surface area contributed by atoms with E-state index < -0.39 is 16.1 Å². The molecule has 0 heterocycles. The van der Waals surface area contributed by atoms with Crippen molar-refractivity contribution in [1.82, 2.24) is 4.72 Å². The minimum absolute atomic E-state index is 0.101. The lowest BCUT2D eigenvalue weighted by Crippen LogP contribution is -2.40. The van der Waals surface area contributed by atoms with Crippen molar-refractivity contribution in [3.05, 3.63) is 27.1 Å². The van der Waals surface area contributed by atoms with Gasteiger partial charge in [-0.3, -0.25) is 0 Å². The molecule has 8 heteroatoms. The van der Waals surface area contributed by atoms with Gasteiger partial charge in [0.25, 0.3) is 0 Å². The second kappa shape index (κ2) is 6.97. The van der Waals surface area contributed by atoms with Crippen molar-refractivity contribution in [1.29, 1.82) is 0 Å². The highest BCUT2D eigenvalue weighted by Crippen LogP contribution is 2.25. The number of ether oxygens (including phenoxy) is 1. The average molecular weight is 403 g/mol. The maximum Gasteiger partial charge on any atom is 0.242 e. The van der Waals surface area contributed by atoms with Gasteiger partial charge in [0.2, 0.25) is 10.0 Å². The van der Waals surface area contributed by atoms with Crippen LogP contribution in [0.4, 0.5) is 0 Å². The summed E-state index contributed by atoms with van der Waals surface area (Å²) in [7, 11) is -2.26. The van der Waals surface area contributed by atoms with Crippen LogP contribution in [0.5, 0.6) is 0 Å². The molecule has 1 aromatic rings. The van der Waals surface area contributed by atoms with E-state index in [2.05, 4.69) is 36.6 Å². The molecular formula is C10H13Br2NO4S. The monoisotopic (exact) mass is 401 g/mol. The van der Waals surface area contributed by atoms with Crippen LogP contribution >= 0.6 is 31.9 Å². The number of aliphatic hydroxyl groups excluding tert-OH is 1. The topological polar surface area (TPSA) is 75.6 Å². The van der Waals surface area contributed by atoms with Crippen LogP contribution < -0.4 is 4.72 Å². The number of methoxy groups -OCH3 is 1. The van der Waals surface area contributed by atoms with Crippen LogP contribution in [0.2, 0.25) is 0 Å². The lowest BCUT2D eigenvalue weighted by Gasteiger charge is -2.16. The molecule has 2 N–H and O–H groups in total. The van der Waals surface area contributed by atoms with Crippen LogP contribution in [0.15, 0.2) is 32.0 Å². The molecule has 1 unspecified atom stereocenters. The first-order chi connectivity index (χ1) is 8.40. The van der Waals surface area contributed by atoms with E-state index >= 15 is 0 Å². The van der Waals surface area contributed by atoms with Crippen LogP contribution in [-0.4, -0.2) is 39.9 Å². The highest BCUT2D eigenvalue weighted by atomic mass is 79.9. The molecular weight excluding hydrogens is 390 g/mol. The molecule has 0 spiro atoms. The summed E-state index contributed by atoms with van der Waals surface area (Å²) in [5, 5.41) is 9.05. The average Bonchev–Trinajstić information content (AvgIpc) is 2.27. The molecule has 5 nitrogen and oxygen atoms in total. The Bertz CT molecular complexity index is 507. The number of halogens is 2. The Morgan fingerprint density at radius 1 is 1.44 bits per heavy atom. The van der Waals surface area contributed by atoms with Gasteiger partial charge in [-0.15, -0.1) is 0 Å². The Balaban J connectivity index is 2.99. The standard InChI is InChI=1S/C10H13Br2NO4S/c1-17-6-8(5-14)13-18(15,16)10-3-2-7(11)4-9(10)12/h2-4,8,13-14H,5-6H2,1H3. The van der Waals surface area contributed by atoms with Gasteiger partial charge in [-0.1, -0.05) is 15.9 Å². The molecule has 0 aliphatic carbocycles. The summed E-state index contributed by atoms with van der Waals surface area (Å²) in [6.45, 7) is -0.231. The first-order valence-corrected chi connectivity index (χ1v) is 8.05. The Kier molecular flexibility index (Phi) is 6.22. The van der Waals surface area contributed by atoms with Gasteiger partial charge in [0.05, 0.1) is 24.2 Å². The lowest BCUT2D eigenvalue weighted by molar-refractivity contribution is 0.139. The maximum absolute atomic E-state index is 12.1. The Morgan fingerprint density at radius 2 is 2.11 bits per heavy atom. The van der Waals surface area contributed by atoms with Crippen LogP contribution in [0.25, 0.3) is 0 Å². The molecule has 18 heavy (non-hydrogen) atoms. The summed E-state index contributed by atoms with van der Waals surface area (Å²) in [6, 6.07) is 4.07. The molecule has 0 saturated heterocycles. The minimum Gasteiger partial charge on any atom is -0.395 e. The summed E-state index contributed by atoms with van der Waals surface area (Å²) < 4.78 is 32.6. The fourth-order valence-electron chi connectivity index (χ4n) is 1.30. The Labute approximate surface area is 123 Å². The lowest BCUT2D eigenvalue weighted by atomic mass is 10.4. The SMILES string of the molecule is COCC(CO)NS(=O)(=O)c1ccc(Br)cc1Br. The van der Waals surface area contributed by atoms with Crippen LogP contribution in [-0.2, 0) is 14.8 Å². The second-order valence-corrected chi connectivity index (χ2v) is 6.98. The fourth-order valence-corrected chi connectivity index (χ4v) is 4.26. The molecule has 0 amide bonds. The van der Waals surface area contributed by atoms with Crippen molar-refractivity contribution in [3.63, 3.8) is 0 Å². The van der Waals surface area contributed by atoms with Crippen molar-refractivity contribution in [3.8, 4) is 0 Å². The molecule has 0 saturated carbocycles. The molecule has 0 aliphatic rings. The molecule has 1 rings (SSSR count). The molecule has 0 aliphatic heterocycles. The number of benzene rings is 1. The second-order valence-electron chi connectivity index (χ2n) is 3.53. The van der Waals surface area contributed by atoms with Crippen molar-refractivity contribution in [2.24, 2.45) is 0 Å². The third kappa shape index (κ3) is 4.29. The van der Waals surface area contributed by atoms with E-state index in [-0.39, 0.29) is 18.1 Å². The van der Waals surface area contributed by atoms with E-state index in [4.69, 9.17) is 9.84 Å². The number of aliphatic hydroxyl groups is 1. The van der Waals surface area contributed by atoms with Gasteiger partial charge in [0, 0.05) is 16.1 Å². The third-order valence-electron chi connectivity index (χ3n) is 2.09. The first-order valence-electron chi connectivity index (χ1n) is 4.98. The van der Waals surface area contributed by atoms with E-state index in [1.165, 1.54) is 13.2 Å². The van der Waals surface area contributed by atoms with Gasteiger partial charge in [0.15, 0.2) is 0 Å². The molecule has 0 aromatic heterocycles. The van der Waals surface area contributed by atoms with Gasteiger partial charge in [0.1, 0.15) is 0 Å². The summed E-state index contributed by atoms with van der Waals surface area (Å²) in [4.78, 5) is 0.111. The Morgan fingerprint density at radius 3 is 2.61 bits per heavy atom. The largest absolute Gasteiger partial charge is 0.395 e. The molecule has 0 radical (unpaired) electrons. The highest BCUT2D eigenvalue weighted by Gasteiger charge is 2.21. The van der Waals surface area contributed by atoms with Crippen LogP contribution in [0.3, 0.4) is 0 Å². The zero-order valence-corrected chi connectivity index (χ0v) is 13.5. The van der Waals surface area contributed by atoms with Gasteiger partial charge in [-0.2, -0.15) is 0 Å². The third-order valence-corrected chi connectivity index (χ3v) is 5.08. The number of nitrogens with one attached hydrogen (secondary N) is 1. The minimum atomic E-state index is -3.70. The number of sulfonamides is 1. The number of rotatable bonds is 6. The van der Waals surface area contributed by atoms with Crippen molar-refractivity contribution < 1.29 is 18.3 Å². The first kappa shape index (κ1) is 16.1. The molecule has 102 valence electrons. The molecule has 1 aromatic carbocycles. The van der Waals surface area contributed by atoms with Crippen molar-refractivity contribution in [2.45, 2.75) is 10.9 Å². The fraction of sp³-hybridized carbons (Fsp3) is 0.400. The summed E-state index contributed by atoms with van der Waals surface area (Å²) in [5.74, 6) is 0. The quantitative estimate of drug-likeness (QED) is 0.755. The maximum atomic E-state index is 12.1. The smallest absolute Gasteiger partial charge is 0.242 e. The number of hydrogen-bond donors (Lipinski definition) is 2. The van der Waals surface area contributed by atoms with Gasteiger partial charge in [-0.05, 0) is 34.1 Å². The van der Waals surface area contributed by atoms with Crippen LogP contribution in [0.1, 0.15) is 0 Å². The zero-order chi connectivity index (χ0) is 13.8. The van der Waals surface area contributed by atoms with Gasteiger partial charge < -0.3 is 9.84 Å².